The normalized spacial score (nSPS) is 31.1. The first-order valence-corrected chi connectivity index (χ1v) is 6.17. The summed E-state index contributed by atoms with van der Waals surface area (Å²) in [4.78, 5) is 15.7. The van der Waals surface area contributed by atoms with Crippen LogP contribution in [0.2, 0.25) is 0 Å². The van der Waals surface area contributed by atoms with E-state index in [1.165, 1.54) is 6.42 Å². The summed E-state index contributed by atoms with van der Waals surface area (Å²) in [7, 11) is 0. The van der Waals surface area contributed by atoms with Gasteiger partial charge in [0.2, 0.25) is 0 Å². The van der Waals surface area contributed by atoms with Crippen LogP contribution < -0.4 is 11.1 Å². The Morgan fingerprint density at radius 1 is 1.50 bits per heavy atom. The van der Waals surface area contributed by atoms with E-state index < -0.39 is 0 Å². The average Bonchev–Trinajstić information content (AvgIpc) is 2.82. The van der Waals surface area contributed by atoms with Crippen molar-refractivity contribution in [2.45, 2.75) is 19.4 Å². The third kappa shape index (κ3) is 2.47. The molecule has 2 aliphatic rings. The lowest BCUT2D eigenvalue weighted by molar-refractivity contribution is 0.198. The van der Waals surface area contributed by atoms with Crippen LogP contribution in [0.25, 0.3) is 0 Å². The zero-order chi connectivity index (χ0) is 11.5. The number of urea groups is 1. The van der Waals surface area contributed by atoms with Crippen molar-refractivity contribution >= 4 is 6.03 Å². The number of hydrogen-bond donors (Lipinski definition) is 2. The Balaban J connectivity index is 1.75. The first-order valence-electron chi connectivity index (χ1n) is 6.17. The maximum atomic E-state index is 11.4. The van der Waals surface area contributed by atoms with E-state index in [9.17, 15) is 4.79 Å². The summed E-state index contributed by atoms with van der Waals surface area (Å²) in [5.41, 5.74) is 5.70. The number of nitrogens with one attached hydrogen (secondary N) is 1. The molecule has 0 aromatic carbocycles. The summed E-state index contributed by atoms with van der Waals surface area (Å²) >= 11 is 0. The Labute approximate surface area is 96.9 Å². The fourth-order valence-electron chi connectivity index (χ4n) is 2.67. The molecule has 2 aliphatic heterocycles. The number of nitrogens with two attached hydrogens (primary N) is 1. The number of likely N-dealkylation sites (tertiary alicyclic amines) is 1. The maximum Gasteiger partial charge on any atom is 0.317 e. The molecule has 2 heterocycles. The molecule has 2 atom stereocenters. The first kappa shape index (κ1) is 11.7. The lowest BCUT2D eigenvalue weighted by Gasteiger charge is -2.24. The van der Waals surface area contributed by atoms with Crippen LogP contribution in [-0.4, -0.2) is 61.1 Å². The molecule has 0 saturated carbocycles. The molecule has 0 radical (unpaired) electrons. The lowest BCUT2D eigenvalue weighted by atomic mass is 10.1. The molecule has 2 saturated heterocycles. The molecule has 0 bridgehead atoms. The van der Waals surface area contributed by atoms with Gasteiger partial charge in [-0.1, -0.05) is 0 Å². The molecule has 2 rings (SSSR count). The number of hydrogen-bond acceptors (Lipinski definition) is 3. The number of carbonyl (C=O) groups is 1. The third-order valence-corrected chi connectivity index (χ3v) is 3.73. The van der Waals surface area contributed by atoms with Gasteiger partial charge in [-0.25, -0.2) is 4.79 Å². The smallest absolute Gasteiger partial charge is 0.317 e. The molecule has 0 aliphatic carbocycles. The van der Waals surface area contributed by atoms with Crippen molar-refractivity contribution in [2.75, 3.05) is 39.3 Å². The Morgan fingerprint density at radius 2 is 2.31 bits per heavy atom. The largest absolute Gasteiger partial charge is 0.336 e. The zero-order valence-corrected chi connectivity index (χ0v) is 9.98. The SMILES string of the molecule is CC1CC(CN)CN1CCN1CCNC1=O. The summed E-state index contributed by atoms with van der Waals surface area (Å²) in [6.07, 6.45) is 1.20. The summed E-state index contributed by atoms with van der Waals surface area (Å²) in [6, 6.07) is 0.696. The van der Waals surface area contributed by atoms with Crippen LogP contribution in [0, 0.1) is 5.92 Å². The molecule has 16 heavy (non-hydrogen) atoms. The minimum Gasteiger partial charge on any atom is -0.336 e. The fourth-order valence-corrected chi connectivity index (χ4v) is 2.67. The van der Waals surface area contributed by atoms with Crippen LogP contribution in [0.3, 0.4) is 0 Å². The quantitative estimate of drug-likeness (QED) is 0.690. The van der Waals surface area contributed by atoms with Gasteiger partial charge in [-0.15, -0.1) is 0 Å². The minimum atomic E-state index is 0.0854. The molecule has 0 spiro atoms. The Bertz CT molecular complexity index is 258. The molecule has 2 unspecified atom stereocenters. The molecule has 5 nitrogen and oxygen atoms in total. The van der Waals surface area contributed by atoms with Gasteiger partial charge in [0.1, 0.15) is 0 Å². The first-order chi connectivity index (χ1) is 7.70. The van der Waals surface area contributed by atoms with Gasteiger partial charge in [-0.05, 0) is 25.8 Å². The van der Waals surface area contributed by atoms with Crippen LogP contribution in [0.15, 0.2) is 0 Å². The highest BCUT2D eigenvalue weighted by atomic mass is 16.2. The van der Waals surface area contributed by atoms with Crippen molar-refractivity contribution in [3.63, 3.8) is 0 Å². The number of rotatable bonds is 4. The van der Waals surface area contributed by atoms with E-state index in [1.807, 2.05) is 4.90 Å². The third-order valence-electron chi connectivity index (χ3n) is 3.73. The van der Waals surface area contributed by atoms with Crippen LogP contribution in [-0.2, 0) is 0 Å². The van der Waals surface area contributed by atoms with E-state index in [-0.39, 0.29) is 6.03 Å². The van der Waals surface area contributed by atoms with E-state index in [1.54, 1.807) is 0 Å². The second-order valence-electron chi connectivity index (χ2n) is 4.90. The second-order valence-corrected chi connectivity index (χ2v) is 4.90. The van der Waals surface area contributed by atoms with Crippen molar-refractivity contribution in [3.8, 4) is 0 Å². The van der Waals surface area contributed by atoms with Gasteiger partial charge in [-0.3, -0.25) is 4.90 Å². The fraction of sp³-hybridized carbons (Fsp3) is 0.909. The molecule has 2 amide bonds. The lowest BCUT2D eigenvalue weighted by Crippen LogP contribution is -2.38. The molecule has 5 heteroatoms. The Morgan fingerprint density at radius 3 is 2.88 bits per heavy atom. The number of amides is 2. The Hall–Kier alpha value is -0.810. The van der Waals surface area contributed by atoms with Gasteiger partial charge in [0.25, 0.3) is 0 Å². The van der Waals surface area contributed by atoms with Gasteiger partial charge >= 0.3 is 6.03 Å². The molecule has 3 N–H and O–H groups in total. The van der Waals surface area contributed by atoms with Crippen molar-refractivity contribution < 1.29 is 4.79 Å². The predicted molar refractivity (Wildman–Crippen MR) is 63.2 cm³/mol. The average molecular weight is 226 g/mol. The summed E-state index contributed by atoms with van der Waals surface area (Å²) in [5, 5.41) is 2.82. The maximum absolute atomic E-state index is 11.4. The molecule has 92 valence electrons. The summed E-state index contributed by atoms with van der Waals surface area (Å²) < 4.78 is 0. The van der Waals surface area contributed by atoms with Crippen LogP contribution in [0.1, 0.15) is 13.3 Å². The highest BCUT2D eigenvalue weighted by Crippen LogP contribution is 2.21. The van der Waals surface area contributed by atoms with Crippen molar-refractivity contribution in [1.82, 2.24) is 15.1 Å². The predicted octanol–water partition coefficient (Wildman–Crippen LogP) is -0.319. The van der Waals surface area contributed by atoms with Gasteiger partial charge in [0.15, 0.2) is 0 Å². The van der Waals surface area contributed by atoms with Gasteiger partial charge in [-0.2, -0.15) is 0 Å². The highest BCUT2D eigenvalue weighted by molar-refractivity contribution is 5.76. The second kappa shape index (κ2) is 5.01. The van der Waals surface area contributed by atoms with Crippen molar-refractivity contribution in [1.29, 1.82) is 0 Å². The summed E-state index contributed by atoms with van der Waals surface area (Å²) in [5.74, 6) is 0.641. The van der Waals surface area contributed by atoms with Crippen LogP contribution in [0.4, 0.5) is 4.79 Å². The van der Waals surface area contributed by atoms with Gasteiger partial charge in [0.05, 0.1) is 0 Å². The minimum absolute atomic E-state index is 0.0854. The highest BCUT2D eigenvalue weighted by Gasteiger charge is 2.29. The number of carbonyl (C=O) groups excluding carboxylic acids is 1. The van der Waals surface area contributed by atoms with E-state index >= 15 is 0 Å². The van der Waals surface area contributed by atoms with E-state index in [0.717, 1.165) is 39.3 Å². The summed E-state index contributed by atoms with van der Waals surface area (Å²) in [6.45, 7) is 7.58. The van der Waals surface area contributed by atoms with E-state index in [0.29, 0.717) is 12.0 Å². The van der Waals surface area contributed by atoms with Gasteiger partial charge in [0, 0.05) is 38.8 Å². The van der Waals surface area contributed by atoms with E-state index in [4.69, 9.17) is 5.73 Å². The Kier molecular flexibility index (Phi) is 3.66. The monoisotopic (exact) mass is 226 g/mol. The van der Waals surface area contributed by atoms with Crippen molar-refractivity contribution in [2.24, 2.45) is 11.7 Å². The zero-order valence-electron chi connectivity index (χ0n) is 9.98. The number of nitrogens with zero attached hydrogens (tertiary/aromatic N) is 2. The van der Waals surface area contributed by atoms with Crippen LogP contribution >= 0.6 is 0 Å². The topological polar surface area (TPSA) is 61.6 Å². The van der Waals surface area contributed by atoms with Crippen molar-refractivity contribution in [3.05, 3.63) is 0 Å². The van der Waals surface area contributed by atoms with E-state index in [2.05, 4.69) is 17.1 Å². The van der Waals surface area contributed by atoms with Crippen LogP contribution in [0.5, 0.6) is 0 Å². The van der Waals surface area contributed by atoms with Gasteiger partial charge < -0.3 is 16.0 Å². The molecule has 0 aromatic heterocycles. The molecular weight excluding hydrogens is 204 g/mol. The molecule has 0 aromatic rings. The standard InChI is InChI=1S/C11H22N4O/c1-9-6-10(7-12)8-15(9)5-4-14-3-2-13-11(14)16/h9-10H,2-8,12H2,1H3,(H,13,16). The molecule has 2 fully saturated rings. The molecular formula is C11H22N4O.